The van der Waals surface area contributed by atoms with Crippen LogP contribution in [0.2, 0.25) is 0 Å². The van der Waals surface area contributed by atoms with E-state index in [4.69, 9.17) is 10.5 Å². The van der Waals surface area contributed by atoms with Crippen molar-refractivity contribution in [2.45, 2.75) is 31.5 Å². The van der Waals surface area contributed by atoms with Crippen molar-refractivity contribution in [2.24, 2.45) is 5.73 Å². The molecule has 1 heterocycles. The van der Waals surface area contributed by atoms with Gasteiger partial charge in [0.25, 0.3) is 5.91 Å². The molecule has 3 unspecified atom stereocenters. The maximum Gasteiger partial charge on any atom is 0.253 e. The monoisotopic (exact) mass is 273 g/mol. The highest BCUT2D eigenvalue weighted by Crippen LogP contribution is 2.24. The first-order valence-electron chi connectivity index (χ1n) is 6.95. The zero-order valence-corrected chi connectivity index (χ0v) is 11.4. The van der Waals surface area contributed by atoms with Crippen molar-refractivity contribution in [1.82, 2.24) is 10.3 Å². The highest BCUT2D eigenvalue weighted by molar-refractivity contribution is 6.06. The zero-order chi connectivity index (χ0) is 14.1. The number of nitrogens with one attached hydrogen (secondary N) is 2. The number of benzene rings is 1. The van der Waals surface area contributed by atoms with Gasteiger partial charge in [-0.1, -0.05) is 18.2 Å². The van der Waals surface area contributed by atoms with Gasteiger partial charge in [-0.05, 0) is 19.4 Å². The Morgan fingerprint density at radius 1 is 1.50 bits per heavy atom. The number of H-pyrrole nitrogens is 1. The number of ether oxygens (including phenoxy) is 1. The summed E-state index contributed by atoms with van der Waals surface area (Å²) in [5.41, 5.74) is 7.56. The van der Waals surface area contributed by atoms with Gasteiger partial charge in [0.15, 0.2) is 0 Å². The van der Waals surface area contributed by atoms with Gasteiger partial charge in [-0.2, -0.15) is 0 Å². The molecule has 106 valence electrons. The second-order valence-corrected chi connectivity index (χ2v) is 5.14. The number of hydrogen-bond acceptors (Lipinski definition) is 3. The van der Waals surface area contributed by atoms with Gasteiger partial charge in [0.2, 0.25) is 0 Å². The lowest BCUT2D eigenvalue weighted by atomic mass is 9.83. The van der Waals surface area contributed by atoms with E-state index in [1.54, 1.807) is 6.20 Å². The molecular formula is C15H19N3O2. The molecule has 1 aliphatic rings. The molecule has 0 spiro atoms. The SMILES string of the molecule is CCOC1CC(N)C1NC(=O)c1c[nH]c2ccccc12. The normalized spacial score (nSPS) is 25.4. The molecule has 1 aromatic heterocycles. The second kappa shape index (κ2) is 5.26. The minimum atomic E-state index is -0.104. The topological polar surface area (TPSA) is 80.1 Å². The molecule has 2 aromatic rings. The van der Waals surface area contributed by atoms with Gasteiger partial charge in [0.05, 0.1) is 17.7 Å². The third-order valence-corrected chi connectivity index (χ3v) is 3.88. The Bertz CT molecular complexity index is 620. The number of rotatable bonds is 4. The standard InChI is InChI=1S/C15H19N3O2/c1-2-20-13-7-11(16)14(13)18-15(19)10-8-17-12-6-4-3-5-9(10)12/h3-6,8,11,13-14,17H,2,7,16H2,1H3,(H,18,19). The predicted octanol–water partition coefficient (Wildman–Crippen LogP) is 1.40. The van der Waals surface area contributed by atoms with Gasteiger partial charge in [0.1, 0.15) is 0 Å². The summed E-state index contributed by atoms with van der Waals surface area (Å²) in [6.45, 7) is 2.58. The van der Waals surface area contributed by atoms with E-state index in [-0.39, 0.29) is 24.1 Å². The highest BCUT2D eigenvalue weighted by Gasteiger charge is 2.40. The van der Waals surface area contributed by atoms with Crippen LogP contribution in [0, 0.1) is 0 Å². The Kier molecular flexibility index (Phi) is 3.46. The molecule has 20 heavy (non-hydrogen) atoms. The van der Waals surface area contributed by atoms with Crippen LogP contribution in [0.5, 0.6) is 0 Å². The van der Waals surface area contributed by atoms with E-state index >= 15 is 0 Å². The van der Waals surface area contributed by atoms with E-state index < -0.39 is 0 Å². The summed E-state index contributed by atoms with van der Waals surface area (Å²) in [5, 5.41) is 3.91. The van der Waals surface area contributed by atoms with Crippen LogP contribution < -0.4 is 11.1 Å². The van der Waals surface area contributed by atoms with E-state index in [1.807, 2.05) is 31.2 Å². The van der Waals surface area contributed by atoms with Gasteiger partial charge < -0.3 is 20.8 Å². The fourth-order valence-corrected chi connectivity index (χ4v) is 2.72. The van der Waals surface area contributed by atoms with E-state index in [1.165, 1.54) is 0 Å². The lowest BCUT2D eigenvalue weighted by Gasteiger charge is -2.42. The molecule has 1 amide bonds. The van der Waals surface area contributed by atoms with Crippen LogP contribution in [0.4, 0.5) is 0 Å². The van der Waals surface area contributed by atoms with E-state index in [0.717, 1.165) is 17.3 Å². The number of carbonyl (C=O) groups is 1. The summed E-state index contributed by atoms with van der Waals surface area (Å²) in [7, 11) is 0. The maximum absolute atomic E-state index is 12.4. The van der Waals surface area contributed by atoms with Gasteiger partial charge in [-0.25, -0.2) is 0 Å². The molecule has 4 N–H and O–H groups in total. The molecule has 5 nitrogen and oxygen atoms in total. The summed E-state index contributed by atoms with van der Waals surface area (Å²) in [5.74, 6) is -0.104. The third-order valence-electron chi connectivity index (χ3n) is 3.88. The first kappa shape index (κ1) is 13.1. The average molecular weight is 273 g/mol. The van der Waals surface area contributed by atoms with Crippen molar-refractivity contribution in [3.63, 3.8) is 0 Å². The molecular weight excluding hydrogens is 254 g/mol. The Labute approximate surface area is 117 Å². The number of aromatic amines is 1. The number of hydrogen-bond donors (Lipinski definition) is 3. The summed E-state index contributed by atoms with van der Waals surface area (Å²) < 4.78 is 5.56. The van der Waals surface area contributed by atoms with Crippen LogP contribution in [0.15, 0.2) is 30.5 Å². The van der Waals surface area contributed by atoms with Crippen LogP contribution in [0.25, 0.3) is 10.9 Å². The van der Waals surface area contributed by atoms with Crippen molar-refractivity contribution in [3.05, 3.63) is 36.0 Å². The quantitative estimate of drug-likeness (QED) is 0.787. The van der Waals surface area contributed by atoms with Crippen molar-refractivity contribution in [1.29, 1.82) is 0 Å². The molecule has 3 rings (SSSR count). The Balaban J connectivity index is 1.76. The largest absolute Gasteiger partial charge is 0.376 e. The van der Waals surface area contributed by atoms with Gasteiger partial charge in [0, 0.05) is 29.7 Å². The lowest BCUT2D eigenvalue weighted by Crippen LogP contribution is -2.64. The number of para-hydroxylation sites is 1. The zero-order valence-electron chi connectivity index (χ0n) is 11.4. The minimum Gasteiger partial charge on any atom is -0.376 e. The molecule has 1 fully saturated rings. The van der Waals surface area contributed by atoms with Crippen LogP contribution >= 0.6 is 0 Å². The van der Waals surface area contributed by atoms with E-state index in [9.17, 15) is 4.79 Å². The summed E-state index contributed by atoms with van der Waals surface area (Å²) in [6.07, 6.45) is 2.57. The van der Waals surface area contributed by atoms with Crippen molar-refractivity contribution >= 4 is 16.8 Å². The average Bonchev–Trinajstić information content (AvgIpc) is 2.88. The highest BCUT2D eigenvalue weighted by atomic mass is 16.5. The van der Waals surface area contributed by atoms with Crippen molar-refractivity contribution in [2.75, 3.05) is 6.61 Å². The molecule has 1 aliphatic carbocycles. The minimum absolute atomic E-state index is 0.0271. The molecule has 5 heteroatoms. The molecule has 1 aromatic carbocycles. The molecule has 0 bridgehead atoms. The van der Waals surface area contributed by atoms with Crippen molar-refractivity contribution in [3.8, 4) is 0 Å². The molecule has 0 saturated heterocycles. The Morgan fingerprint density at radius 3 is 3.05 bits per heavy atom. The maximum atomic E-state index is 12.4. The third kappa shape index (κ3) is 2.19. The lowest BCUT2D eigenvalue weighted by molar-refractivity contribution is -0.0300. The molecule has 3 atom stereocenters. The first-order valence-corrected chi connectivity index (χ1v) is 6.95. The summed E-state index contributed by atoms with van der Waals surface area (Å²) >= 11 is 0. The van der Waals surface area contributed by atoms with E-state index in [2.05, 4.69) is 10.3 Å². The number of amides is 1. The van der Waals surface area contributed by atoms with Gasteiger partial charge in [-0.3, -0.25) is 4.79 Å². The Morgan fingerprint density at radius 2 is 2.30 bits per heavy atom. The van der Waals surface area contributed by atoms with Crippen LogP contribution in [0.1, 0.15) is 23.7 Å². The van der Waals surface area contributed by atoms with Crippen LogP contribution in [-0.2, 0) is 4.74 Å². The first-order chi connectivity index (χ1) is 9.70. The number of fused-ring (bicyclic) bond motifs is 1. The summed E-state index contributed by atoms with van der Waals surface area (Å²) in [4.78, 5) is 15.5. The second-order valence-electron chi connectivity index (χ2n) is 5.14. The smallest absolute Gasteiger partial charge is 0.253 e. The van der Waals surface area contributed by atoms with Gasteiger partial charge >= 0.3 is 0 Å². The molecule has 0 radical (unpaired) electrons. The predicted molar refractivity (Wildman–Crippen MR) is 77.6 cm³/mol. The number of aromatic nitrogens is 1. The summed E-state index contributed by atoms with van der Waals surface area (Å²) in [6, 6.07) is 7.61. The number of nitrogens with two attached hydrogens (primary N) is 1. The van der Waals surface area contributed by atoms with Crippen LogP contribution in [0.3, 0.4) is 0 Å². The Hall–Kier alpha value is -1.85. The van der Waals surface area contributed by atoms with Gasteiger partial charge in [-0.15, -0.1) is 0 Å². The van der Waals surface area contributed by atoms with Crippen molar-refractivity contribution < 1.29 is 9.53 Å². The fraction of sp³-hybridized carbons (Fsp3) is 0.400. The number of carbonyl (C=O) groups excluding carboxylic acids is 1. The molecule has 0 aliphatic heterocycles. The van der Waals surface area contributed by atoms with Crippen LogP contribution in [-0.4, -0.2) is 35.7 Å². The fourth-order valence-electron chi connectivity index (χ4n) is 2.72. The van der Waals surface area contributed by atoms with E-state index in [0.29, 0.717) is 12.2 Å². The molecule has 1 saturated carbocycles.